The normalized spacial score (nSPS) is 12.0. The van der Waals surface area contributed by atoms with E-state index in [9.17, 15) is 9.18 Å². The van der Waals surface area contributed by atoms with Crippen molar-refractivity contribution < 1.29 is 9.18 Å². The van der Waals surface area contributed by atoms with E-state index in [0.29, 0.717) is 30.3 Å². The number of aliphatic imine (C=N–C) groups is 1. The Balaban J connectivity index is 2.51. The number of amides is 1. The Bertz CT molecular complexity index is 564. The third-order valence-electron chi connectivity index (χ3n) is 3.84. The summed E-state index contributed by atoms with van der Waals surface area (Å²) >= 11 is 0. The van der Waals surface area contributed by atoms with Gasteiger partial charge in [0.25, 0.3) is 0 Å². The molecule has 0 unspecified atom stereocenters. The summed E-state index contributed by atoms with van der Waals surface area (Å²) in [5.74, 6) is 0.0190. The minimum atomic E-state index is -0.337. The second-order valence-electron chi connectivity index (χ2n) is 6.60. The number of hydrogen-bond acceptors (Lipinski definition) is 3. The summed E-state index contributed by atoms with van der Waals surface area (Å²) in [6.45, 7) is 13.0. The van der Waals surface area contributed by atoms with E-state index in [1.54, 1.807) is 0 Å². The van der Waals surface area contributed by atoms with Crippen LogP contribution in [0.2, 0.25) is 0 Å². The molecule has 6 nitrogen and oxygen atoms in total. The number of guanidine groups is 1. The van der Waals surface area contributed by atoms with Crippen LogP contribution in [-0.2, 0) is 4.79 Å². The van der Waals surface area contributed by atoms with Gasteiger partial charge in [-0.2, -0.15) is 0 Å². The molecule has 0 aliphatic carbocycles. The maximum absolute atomic E-state index is 12.9. The first kappa shape index (κ1) is 21.9. The summed E-state index contributed by atoms with van der Waals surface area (Å²) in [5, 5.41) is 9.08. The Morgan fingerprint density at radius 2 is 1.73 bits per heavy atom. The molecule has 0 spiro atoms. The fraction of sp³-hybridized carbons (Fsp3) is 0.579. The molecule has 0 fully saturated rings. The molecule has 0 saturated carbocycles. The summed E-state index contributed by atoms with van der Waals surface area (Å²) in [6.07, 6.45) is 0. The zero-order chi connectivity index (χ0) is 19.5. The first-order valence-corrected chi connectivity index (χ1v) is 9.16. The zero-order valence-electron chi connectivity index (χ0n) is 16.5. The maximum atomic E-state index is 12.9. The SMILES string of the molecule is CCNC(=NCC(=O)Nc1ccc(F)cc1)NCCN(C(C)C)C(C)C. The van der Waals surface area contributed by atoms with Gasteiger partial charge in [0, 0.05) is 37.4 Å². The summed E-state index contributed by atoms with van der Waals surface area (Å²) in [5.41, 5.74) is 0.550. The molecule has 0 aliphatic rings. The van der Waals surface area contributed by atoms with Crippen LogP contribution in [0.4, 0.5) is 10.1 Å². The van der Waals surface area contributed by atoms with Crippen LogP contribution in [0.15, 0.2) is 29.3 Å². The fourth-order valence-corrected chi connectivity index (χ4v) is 2.64. The highest BCUT2D eigenvalue weighted by atomic mass is 19.1. The monoisotopic (exact) mass is 365 g/mol. The molecule has 146 valence electrons. The smallest absolute Gasteiger partial charge is 0.246 e. The molecule has 7 heteroatoms. The molecule has 0 saturated heterocycles. The Morgan fingerprint density at radius 3 is 2.27 bits per heavy atom. The highest BCUT2D eigenvalue weighted by Gasteiger charge is 2.12. The van der Waals surface area contributed by atoms with Crippen LogP contribution in [-0.4, -0.2) is 55.0 Å². The highest BCUT2D eigenvalue weighted by molar-refractivity contribution is 5.94. The minimum absolute atomic E-state index is 0.00914. The Labute approximate surface area is 156 Å². The van der Waals surface area contributed by atoms with Gasteiger partial charge in [-0.3, -0.25) is 9.69 Å². The lowest BCUT2D eigenvalue weighted by Crippen LogP contribution is -2.45. The standard InChI is InChI=1S/C19H32FN5O/c1-6-21-19(22-11-12-25(14(2)3)15(4)5)23-13-18(26)24-17-9-7-16(20)8-10-17/h7-10,14-15H,6,11-13H2,1-5H3,(H,24,26)(H2,21,22,23). The van der Waals surface area contributed by atoms with Gasteiger partial charge < -0.3 is 16.0 Å². The van der Waals surface area contributed by atoms with Crippen molar-refractivity contribution in [3.8, 4) is 0 Å². The molecule has 0 bridgehead atoms. The zero-order valence-corrected chi connectivity index (χ0v) is 16.5. The number of anilines is 1. The van der Waals surface area contributed by atoms with Gasteiger partial charge in [0.1, 0.15) is 12.4 Å². The van der Waals surface area contributed by atoms with Crippen molar-refractivity contribution in [3.63, 3.8) is 0 Å². The van der Waals surface area contributed by atoms with Gasteiger partial charge in [-0.15, -0.1) is 0 Å². The molecular formula is C19H32FN5O. The Morgan fingerprint density at radius 1 is 1.12 bits per heavy atom. The van der Waals surface area contributed by atoms with Crippen LogP contribution >= 0.6 is 0 Å². The molecule has 3 N–H and O–H groups in total. The van der Waals surface area contributed by atoms with E-state index in [1.807, 2.05) is 6.92 Å². The van der Waals surface area contributed by atoms with Crippen LogP contribution < -0.4 is 16.0 Å². The van der Waals surface area contributed by atoms with Gasteiger partial charge in [0.15, 0.2) is 5.96 Å². The van der Waals surface area contributed by atoms with Crippen molar-refractivity contribution in [2.45, 2.75) is 46.7 Å². The molecule has 26 heavy (non-hydrogen) atoms. The van der Waals surface area contributed by atoms with Gasteiger partial charge in [0.05, 0.1) is 0 Å². The molecule has 0 atom stereocenters. The van der Waals surface area contributed by atoms with Crippen LogP contribution in [0, 0.1) is 5.82 Å². The average molecular weight is 365 g/mol. The van der Waals surface area contributed by atoms with E-state index in [2.05, 4.69) is 53.5 Å². The first-order chi connectivity index (χ1) is 12.3. The van der Waals surface area contributed by atoms with Gasteiger partial charge in [0.2, 0.25) is 5.91 Å². The maximum Gasteiger partial charge on any atom is 0.246 e. The molecule has 1 aromatic rings. The van der Waals surface area contributed by atoms with Crippen molar-refractivity contribution in [2.24, 2.45) is 4.99 Å². The number of carbonyl (C=O) groups excluding carboxylic acids is 1. The number of nitrogens with zero attached hydrogens (tertiary/aromatic N) is 2. The molecular weight excluding hydrogens is 333 g/mol. The largest absolute Gasteiger partial charge is 0.357 e. The first-order valence-electron chi connectivity index (χ1n) is 9.16. The molecule has 0 heterocycles. The third-order valence-corrected chi connectivity index (χ3v) is 3.84. The number of carbonyl (C=O) groups is 1. The molecule has 1 aromatic carbocycles. The lowest BCUT2D eigenvalue weighted by atomic mass is 10.2. The number of rotatable bonds is 9. The van der Waals surface area contributed by atoms with E-state index in [1.165, 1.54) is 24.3 Å². The van der Waals surface area contributed by atoms with Crippen LogP contribution in [0.3, 0.4) is 0 Å². The predicted octanol–water partition coefficient (Wildman–Crippen LogP) is 2.44. The van der Waals surface area contributed by atoms with Gasteiger partial charge in [-0.05, 0) is 58.9 Å². The second-order valence-corrected chi connectivity index (χ2v) is 6.60. The molecule has 0 aliphatic heterocycles. The Hall–Kier alpha value is -2.15. The molecule has 0 radical (unpaired) electrons. The number of nitrogens with one attached hydrogen (secondary N) is 3. The average Bonchev–Trinajstić information content (AvgIpc) is 2.57. The number of hydrogen-bond donors (Lipinski definition) is 3. The summed E-state index contributed by atoms with van der Waals surface area (Å²) in [7, 11) is 0. The minimum Gasteiger partial charge on any atom is -0.357 e. The highest BCUT2D eigenvalue weighted by Crippen LogP contribution is 2.07. The number of halogens is 1. The quantitative estimate of drug-likeness (QED) is 0.464. The van der Waals surface area contributed by atoms with Crippen molar-refractivity contribution in [1.29, 1.82) is 0 Å². The van der Waals surface area contributed by atoms with Crippen molar-refractivity contribution >= 4 is 17.6 Å². The second kappa shape index (κ2) is 11.5. The van der Waals surface area contributed by atoms with E-state index >= 15 is 0 Å². The van der Waals surface area contributed by atoms with Crippen LogP contribution in [0.5, 0.6) is 0 Å². The molecule has 1 rings (SSSR count). The van der Waals surface area contributed by atoms with Crippen LogP contribution in [0.1, 0.15) is 34.6 Å². The number of benzene rings is 1. The van der Waals surface area contributed by atoms with Crippen molar-refractivity contribution in [1.82, 2.24) is 15.5 Å². The van der Waals surface area contributed by atoms with Gasteiger partial charge >= 0.3 is 0 Å². The summed E-state index contributed by atoms with van der Waals surface area (Å²) < 4.78 is 12.9. The van der Waals surface area contributed by atoms with Crippen LogP contribution in [0.25, 0.3) is 0 Å². The van der Waals surface area contributed by atoms with E-state index in [4.69, 9.17) is 0 Å². The Kier molecular flexibility index (Phi) is 9.65. The predicted molar refractivity (Wildman–Crippen MR) is 106 cm³/mol. The lowest BCUT2D eigenvalue weighted by molar-refractivity contribution is -0.114. The third kappa shape index (κ3) is 8.29. The van der Waals surface area contributed by atoms with E-state index in [-0.39, 0.29) is 18.3 Å². The lowest BCUT2D eigenvalue weighted by Gasteiger charge is -2.30. The molecule has 1 amide bonds. The summed E-state index contributed by atoms with van der Waals surface area (Å²) in [4.78, 5) is 18.7. The fourth-order valence-electron chi connectivity index (χ4n) is 2.64. The van der Waals surface area contributed by atoms with Crippen molar-refractivity contribution in [3.05, 3.63) is 30.1 Å². The van der Waals surface area contributed by atoms with E-state index in [0.717, 1.165) is 13.1 Å². The van der Waals surface area contributed by atoms with Gasteiger partial charge in [-0.1, -0.05) is 0 Å². The topological polar surface area (TPSA) is 68.8 Å². The summed E-state index contributed by atoms with van der Waals surface area (Å²) in [6, 6.07) is 6.59. The van der Waals surface area contributed by atoms with Crippen molar-refractivity contribution in [2.75, 3.05) is 31.5 Å². The molecule has 0 aromatic heterocycles. The van der Waals surface area contributed by atoms with Gasteiger partial charge in [-0.25, -0.2) is 9.38 Å². The van der Waals surface area contributed by atoms with E-state index < -0.39 is 0 Å².